The number of ether oxygens (including phenoxy) is 2. The van der Waals surface area contributed by atoms with Crippen LogP contribution in [0.15, 0.2) is 42.6 Å². The highest BCUT2D eigenvalue weighted by Crippen LogP contribution is 2.25. The number of aromatic nitrogens is 1. The van der Waals surface area contributed by atoms with Crippen molar-refractivity contribution in [3.63, 3.8) is 0 Å². The molecule has 1 saturated heterocycles. The van der Waals surface area contributed by atoms with Gasteiger partial charge in [-0.3, -0.25) is 4.79 Å². The second-order valence-corrected chi connectivity index (χ2v) is 5.94. The molecule has 2 heterocycles. The molecule has 1 aliphatic heterocycles. The summed E-state index contributed by atoms with van der Waals surface area (Å²) in [6.45, 7) is 2.29. The fourth-order valence-electron chi connectivity index (χ4n) is 2.86. The van der Waals surface area contributed by atoms with Crippen molar-refractivity contribution in [2.75, 3.05) is 44.8 Å². The van der Waals surface area contributed by atoms with Crippen LogP contribution in [-0.2, 0) is 4.79 Å². The summed E-state index contributed by atoms with van der Waals surface area (Å²) in [5, 5.41) is 10.7. The summed E-state index contributed by atoms with van der Waals surface area (Å²) in [7, 11) is 1.55. The minimum Gasteiger partial charge on any atom is -0.493 e. The zero-order valence-corrected chi connectivity index (χ0v) is 14.9. The van der Waals surface area contributed by atoms with Gasteiger partial charge in [0.05, 0.1) is 12.8 Å². The lowest BCUT2D eigenvalue weighted by Crippen LogP contribution is -2.50. The first-order valence-electron chi connectivity index (χ1n) is 8.47. The molecular weight excluding hydrogens is 352 g/mol. The number of amides is 1. The Kier molecular flexibility index (Phi) is 5.70. The van der Waals surface area contributed by atoms with Gasteiger partial charge in [0.25, 0.3) is 5.91 Å². The Morgan fingerprint density at radius 1 is 1.15 bits per heavy atom. The molecule has 1 fully saturated rings. The molecule has 0 N–H and O–H groups in total. The molecule has 0 unspecified atom stereocenters. The van der Waals surface area contributed by atoms with Crippen LogP contribution in [0.4, 0.5) is 11.5 Å². The SMILES string of the molecule is COc1ccccc1OCC(=O)N1CCN(c2ccc([N+](=O)[O-])nc2)CC1. The van der Waals surface area contributed by atoms with Crippen molar-refractivity contribution in [2.45, 2.75) is 0 Å². The molecule has 1 aromatic carbocycles. The van der Waals surface area contributed by atoms with Crippen LogP contribution in [0, 0.1) is 10.1 Å². The summed E-state index contributed by atoms with van der Waals surface area (Å²) in [5.41, 5.74) is 0.804. The van der Waals surface area contributed by atoms with Crippen molar-refractivity contribution < 1.29 is 19.2 Å². The number of pyridine rings is 1. The molecule has 0 spiro atoms. The van der Waals surface area contributed by atoms with Crippen LogP contribution in [0.5, 0.6) is 11.5 Å². The van der Waals surface area contributed by atoms with Crippen LogP contribution in [0.25, 0.3) is 0 Å². The first kappa shape index (κ1) is 18.4. The molecule has 1 amide bonds. The molecule has 0 saturated carbocycles. The Hall–Kier alpha value is -3.36. The molecule has 0 atom stereocenters. The first-order valence-corrected chi connectivity index (χ1v) is 8.47. The normalized spacial score (nSPS) is 14.0. The number of para-hydroxylation sites is 2. The maximum Gasteiger partial charge on any atom is 0.363 e. The fraction of sp³-hybridized carbons (Fsp3) is 0.333. The van der Waals surface area contributed by atoms with Crippen molar-refractivity contribution in [1.82, 2.24) is 9.88 Å². The monoisotopic (exact) mass is 372 g/mol. The topological polar surface area (TPSA) is 98.0 Å². The highest BCUT2D eigenvalue weighted by atomic mass is 16.6. The smallest absolute Gasteiger partial charge is 0.363 e. The second-order valence-electron chi connectivity index (χ2n) is 5.94. The molecule has 1 aromatic heterocycles. The second kappa shape index (κ2) is 8.35. The third-order valence-electron chi connectivity index (χ3n) is 4.34. The van der Waals surface area contributed by atoms with Gasteiger partial charge in [0.2, 0.25) is 0 Å². The lowest BCUT2D eigenvalue weighted by atomic mass is 10.2. The molecule has 1 aliphatic rings. The average molecular weight is 372 g/mol. The lowest BCUT2D eigenvalue weighted by Gasteiger charge is -2.35. The predicted octanol–water partition coefficient (Wildman–Crippen LogP) is 1.73. The van der Waals surface area contributed by atoms with Gasteiger partial charge in [0.1, 0.15) is 0 Å². The summed E-state index contributed by atoms with van der Waals surface area (Å²) in [6.07, 6.45) is 1.49. The Morgan fingerprint density at radius 3 is 2.44 bits per heavy atom. The number of rotatable bonds is 6. The quantitative estimate of drug-likeness (QED) is 0.562. The zero-order valence-electron chi connectivity index (χ0n) is 14.9. The van der Waals surface area contributed by atoms with E-state index in [1.165, 1.54) is 12.3 Å². The van der Waals surface area contributed by atoms with Crippen LogP contribution in [0.3, 0.4) is 0 Å². The molecular formula is C18H20N4O5. The van der Waals surface area contributed by atoms with E-state index in [1.807, 2.05) is 17.0 Å². The van der Waals surface area contributed by atoms with E-state index >= 15 is 0 Å². The number of hydrogen-bond acceptors (Lipinski definition) is 7. The standard InChI is InChI=1S/C18H20N4O5/c1-26-15-4-2-3-5-16(15)27-13-18(23)21-10-8-20(9-11-21)14-6-7-17(19-12-14)22(24)25/h2-7,12H,8-11,13H2,1H3. The summed E-state index contributed by atoms with van der Waals surface area (Å²) in [4.78, 5) is 30.2. The molecule has 9 nitrogen and oxygen atoms in total. The van der Waals surface area contributed by atoms with Crippen LogP contribution in [0.1, 0.15) is 0 Å². The largest absolute Gasteiger partial charge is 0.493 e. The molecule has 2 aromatic rings. The number of methoxy groups -OCH3 is 1. The van der Waals surface area contributed by atoms with E-state index in [4.69, 9.17) is 9.47 Å². The van der Waals surface area contributed by atoms with E-state index in [2.05, 4.69) is 4.98 Å². The third kappa shape index (κ3) is 4.43. The molecule has 0 aliphatic carbocycles. The molecule has 0 radical (unpaired) electrons. The summed E-state index contributed by atoms with van der Waals surface area (Å²) < 4.78 is 10.8. The van der Waals surface area contributed by atoms with Crippen molar-refractivity contribution in [1.29, 1.82) is 0 Å². The highest BCUT2D eigenvalue weighted by molar-refractivity contribution is 5.78. The van der Waals surface area contributed by atoms with Gasteiger partial charge in [-0.1, -0.05) is 12.1 Å². The molecule has 3 rings (SSSR count). The van der Waals surface area contributed by atoms with E-state index in [0.29, 0.717) is 37.7 Å². The van der Waals surface area contributed by atoms with Crippen molar-refractivity contribution in [3.05, 3.63) is 52.7 Å². The summed E-state index contributed by atoms with van der Waals surface area (Å²) in [6, 6.07) is 10.2. The van der Waals surface area contributed by atoms with Gasteiger partial charge in [-0.05, 0) is 28.1 Å². The Balaban J connectivity index is 1.51. The van der Waals surface area contributed by atoms with E-state index in [-0.39, 0.29) is 18.3 Å². The van der Waals surface area contributed by atoms with E-state index < -0.39 is 4.92 Å². The highest BCUT2D eigenvalue weighted by Gasteiger charge is 2.23. The zero-order chi connectivity index (χ0) is 19.2. The van der Waals surface area contributed by atoms with Gasteiger partial charge in [-0.25, -0.2) is 0 Å². The van der Waals surface area contributed by atoms with E-state index in [1.54, 1.807) is 30.2 Å². The number of nitrogens with zero attached hydrogens (tertiary/aromatic N) is 4. The van der Waals surface area contributed by atoms with Gasteiger partial charge in [-0.15, -0.1) is 0 Å². The third-order valence-corrected chi connectivity index (χ3v) is 4.34. The van der Waals surface area contributed by atoms with Crippen LogP contribution < -0.4 is 14.4 Å². The minimum atomic E-state index is -0.526. The number of hydrogen-bond donors (Lipinski definition) is 0. The van der Waals surface area contributed by atoms with E-state index in [9.17, 15) is 14.9 Å². The number of carbonyl (C=O) groups excluding carboxylic acids is 1. The van der Waals surface area contributed by atoms with Crippen molar-refractivity contribution in [2.24, 2.45) is 0 Å². The maximum absolute atomic E-state index is 12.4. The molecule has 9 heteroatoms. The summed E-state index contributed by atoms with van der Waals surface area (Å²) >= 11 is 0. The number of nitro groups is 1. The number of piperazine rings is 1. The fourth-order valence-corrected chi connectivity index (χ4v) is 2.86. The van der Waals surface area contributed by atoms with Gasteiger partial charge < -0.3 is 29.4 Å². The van der Waals surface area contributed by atoms with E-state index in [0.717, 1.165) is 5.69 Å². The molecule has 27 heavy (non-hydrogen) atoms. The van der Waals surface area contributed by atoms with Gasteiger partial charge in [-0.2, -0.15) is 0 Å². The average Bonchev–Trinajstić information content (AvgIpc) is 2.72. The molecule has 142 valence electrons. The summed E-state index contributed by atoms with van der Waals surface area (Å²) in [5.74, 6) is 0.841. The minimum absolute atomic E-state index is 0.0561. The van der Waals surface area contributed by atoms with Crippen molar-refractivity contribution in [3.8, 4) is 11.5 Å². The van der Waals surface area contributed by atoms with Gasteiger partial charge in [0, 0.05) is 32.2 Å². The first-order chi connectivity index (χ1) is 13.1. The predicted molar refractivity (Wildman–Crippen MR) is 98.2 cm³/mol. The van der Waals surface area contributed by atoms with Crippen LogP contribution >= 0.6 is 0 Å². The van der Waals surface area contributed by atoms with Gasteiger partial charge >= 0.3 is 5.82 Å². The molecule has 0 bridgehead atoms. The van der Waals surface area contributed by atoms with Crippen LogP contribution in [0.2, 0.25) is 0 Å². The maximum atomic E-state index is 12.4. The number of carbonyl (C=O) groups is 1. The number of benzene rings is 1. The van der Waals surface area contributed by atoms with Crippen LogP contribution in [-0.4, -0.2) is 60.6 Å². The lowest BCUT2D eigenvalue weighted by molar-refractivity contribution is -0.389. The Morgan fingerprint density at radius 2 is 1.85 bits per heavy atom. The van der Waals surface area contributed by atoms with Crippen molar-refractivity contribution >= 4 is 17.4 Å². The Labute approximate surface area is 156 Å². The van der Waals surface area contributed by atoms with Gasteiger partial charge in [0.15, 0.2) is 24.3 Å². The Bertz CT molecular complexity index is 804. The number of anilines is 1.